The molecule has 0 spiro atoms. The molecule has 0 aromatic carbocycles. The first-order valence-corrected chi connectivity index (χ1v) is 4.15. The van der Waals surface area contributed by atoms with Crippen LogP contribution in [-0.2, 0) is 0 Å². The van der Waals surface area contributed by atoms with Gasteiger partial charge in [0.05, 0.1) is 6.20 Å². The minimum absolute atomic E-state index is 0.101. The van der Waals surface area contributed by atoms with Crippen molar-refractivity contribution in [3.8, 4) is 11.6 Å². The monoisotopic (exact) mass is 205 g/mol. The van der Waals surface area contributed by atoms with Crippen molar-refractivity contribution < 1.29 is 14.3 Å². The van der Waals surface area contributed by atoms with Crippen LogP contribution in [-0.4, -0.2) is 26.0 Å². The molecule has 2 aromatic heterocycles. The van der Waals surface area contributed by atoms with Crippen LogP contribution in [0, 0.1) is 6.92 Å². The van der Waals surface area contributed by atoms with Gasteiger partial charge in [-0.25, -0.2) is 14.8 Å². The molecule has 15 heavy (non-hydrogen) atoms. The number of carboxylic acid groups (broad SMARTS) is 1. The van der Waals surface area contributed by atoms with Crippen molar-refractivity contribution in [3.63, 3.8) is 0 Å². The van der Waals surface area contributed by atoms with Crippen molar-refractivity contribution in [1.29, 1.82) is 0 Å². The molecular formula is C9H7N3O3. The second-order valence-corrected chi connectivity index (χ2v) is 2.82. The van der Waals surface area contributed by atoms with Crippen LogP contribution in [0.3, 0.4) is 0 Å². The third-order valence-electron chi connectivity index (χ3n) is 1.78. The van der Waals surface area contributed by atoms with Crippen LogP contribution in [0.1, 0.15) is 16.2 Å². The second kappa shape index (κ2) is 3.49. The van der Waals surface area contributed by atoms with Crippen molar-refractivity contribution in [2.45, 2.75) is 6.92 Å². The Bertz CT molecular complexity index is 493. The van der Waals surface area contributed by atoms with Crippen LogP contribution in [0.15, 0.2) is 23.0 Å². The lowest BCUT2D eigenvalue weighted by Gasteiger charge is -1.90. The molecule has 0 bridgehead atoms. The molecule has 0 fully saturated rings. The van der Waals surface area contributed by atoms with Crippen LogP contribution in [0.5, 0.6) is 0 Å². The number of carbonyl (C=O) groups is 1. The van der Waals surface area contributed by atoms with E-state index in [1.54, 1.807) is 0 Å². The zero-order valence-electron chi connectivity index (χ0n) is 7.84. The average molecular weight is 205 g/mol. The highest BCUT2D eigenvalue weighted by Gasteiger charge is 2.17. The van der Waals surface area contributed by atoms with Crippen molar-refractivity contribution in [1.82, 2.24) is 15.0 Å². The Morgan fingerprint density at radius 1 is 1.47 bits per heavy atom. The minimum atomic E-state index is -1.12. The van der Waals surface area contributed by atoms with Crippen LogP contribution in [0.4, 0.5) is 0 Å². The van der Waals surface area contributed by atoms with E-state index in [4.69, 9.17) is 9.52 Å². The van der Waals surface area contributed by atoms with E-state index in [0.29, 0.717) is 5.69 Å². The number of aryl methyl sites for hydroxylation is 1. The van der Waals surface area contributed by atoms with E-state index in [0.717, 1.165) is 0 Å². The quantitative estimate of drug-likeness (QED) is 0.790. The Balaban J connectivity index is 2.48. The van der Waals surface area contributed by atoms with Gasteiger partial charge in [0.15, 0.2) is 5.69 Å². The largest absolute Gasteiger partial charge is 0.476 e. The van der Waals surface area contributed by atoms with Crippen LogP contribution >= 0.6 is 0 Å². The van der Waals surface area contributed by atoms with Crippen LogP contribution in [0.25, 0.3) is 11.6 Å². The van der Waals surface area contributed by atoms with Gasteiger partial charge in [-0.2, -0.15) is 0 Å². The van der Waals surface area contributed by atoms with Gasteiger partial charge in [0.25, 0.3) is 0 Å². The zero-order valence-corrected chi connectivity index (χ0v) is 7.84. The summed E-state index contributed by atoms with van der Waals surface area (Å²) < 4.78 is 5.17. The molecule has 6 heteroatoms. The number of oxazole rings is 1. The van der Waals surface area contributed by atoms with Crippen LogP contribution < -0.4 is 0 Å². The fourth-order valence-electron chi connectivity index (χ4n) is 1.11. The maximum Gasteiger partial charge on any atom is 0.358 e. The number of aromatic carboxylic acids is 1. The van der Waals surface area contributed by atoms with Gasteiger partial charge in [-0.05, 0) is 6.92 Å². The van der Waals surface area contributed by atoms with Gasteiger partial charge < -0.3 is 9.52 Å². The maximum absolute atomic E-state index is 10.7. The smallest absolute Gasteiger partial charge is 0.358 e. The molecule has 0 aliphatic heterocycles. The van der Waals surface area contributed by atoms with Crippen LogP contribution in [0.2, 0.25) is 0 Å². The summed E-state index contributed by atoms with van der Waals surface area (Å²) in [5, 5.41) is 8.77. The summed E-state index contributed by atoms with van der Waals surface area (Å²) in [5.74, 6) is -0.701. The number of rotatable bonds is 2. The van der Waals surface area contributed by atoms with Crippen molar-refractivity contribution in [3.05, 3.63) is 30.0 Å². The van der Waals surface area contributed by atoms with E-state index in [-0.39, 0.29) is 17.3 Å². The molecule has 0 atom stereocenters. The first kappa shape index (κ1) is 9.32. The van der Waals surface area contributed by atoms with Gasteiger partial charge in [-0.15, -0.1) is 0 Å². The van der Waals surface area contributed by atoms with Gasteiger partial charge in [0.2, 0.25) is 5.89 Å². The summed E-state index contributed by atoms with van der Waals surface area (Å²) in [4.78, 5) is 22.3. The number of nitrogens with zero attached hydrogens (tertiary/aromatic N) is 3. The molecular weight excluding hydrogens is 198 g/mol. The normalized spacial score (nSPS) is 10.2. The molecule has 0 amide bonds. The topological polar surface area (TPSA) is 89.1 Å². The Morgan fingerprint density at radius 2 is 2.27 bits per heavy atom. The standard InChI is InChI=1S/C9H7N3O3/c1-5-7(9(13)14)12-8(15-5)6-4-10-2-3-11-6/h2-4H,1H3,(H,13,14). The highest BCUT2D eigenvalue weighted by Crippen LogP contribution is 2.18. The van der Waals surface area contributed by atoms with E-state index in [1.165, 1.54) is 25.5 Å². The number of hydrogen-bond acceptors (Lipinski definition) is 5. The van der Waals surface area contributed by atoms with Crippen molar-refractivity contribution in [2.24, 2.45) is 0 Å². The molecule has 0 saturated carbocycles. The van der Waals surface area contributed by atoms with Gasteiger partial charge in [-0.1, -0.05) is 0 Å². The van der Waals surface area contributed by atoms with E-state index in [9.17, 15) is 4.79 Å². The fraction of sp³-hybridized carbons (Fsp3) is 0.111. The maximum atomic E-state index is 10.7. The summed E-state index contributed by atoms with van der Waals surface area (Å²) in [5.41, 5.74) is 0.309. The Labute approximate surface area is 84.6 Å². The first-order valence-electron chi connectivity index (χ1n) is 4.15. The third-order valence-corrected chi connectivity index (χ3v) is 1.78. The Hall–Kier alpha value is -2.24. The lowest BCUT2D eigenvalue weighted by Crippen LogP contribution is -1.98. The van der Waals surface area contributed by atoms with E-state index >= 15 is 0 Å². The summed E-state index contributed by atoms with van der Waals surface area (Å²) in [7, 11) is 0. The SMILES string of the molecule is Cc1oc(-c2cnccn2)nc1C(=O)O. The van der Waals surface area contributed by atoms with Gasteiger partial charge in [-0.3, -0.25) is 4.98 Å². The predicted octanol–water partition coefficient (Wildman–Crippen LogP) is 1.14. The number of aromatic nitrogens is 3. The minimum Gasteiger partial charge on any atom is -0.476 e. The van der Waals surface area contributed by atoms with E-state index in [2.05, 4.69) is 15.0 Å². The molecule has 2 heterocycles. The highest BCUT2D eigenvalue weighted by atomic mass is 16.4. The molecule has 0 radical (unpaired) electrons. The summed E-state index contributed by atoms with van der Waals surface area (Å²) in [6.45, 7) is 1.54. The first-order chi connectivity index (χ1) is 7.18. The molecule has 0 saturated heterocycles. The van der Waals surface area contributed by atoms with Gasteiger partial charge in [0, 0.05) is 12.4 Å². The van der Waals surface area contributed by atoms with E-state index < -0.39 is 5.97 Å². The summed E-state index contributed by atoms with van der Waals surface area (Å²) in [6.07, 6.45) is 4.45. The fourth-order valence-corrected chi connectivity index (χ4v) is 1.11. The molecule has 6 nitrogen and oxygen atoms in total. The molecule has 76 valence electrons. The molecule has 2 aromatic rings. The zero-order chi connectivity index (χ0) is 10.8. The summed E-state index contributed by atoms with van der Waals surface area (Å²) in [6, 6.07) is 0. The molecule has 2 rings (SSSR count). The average Bonchev–Trinajstić information content (AvgIpc) is 2.62. The summed E-state index contributed by atoms with van der Waals surface area (Å²) >= 11 is 0. The van der Waals surface area contributed by atoms with Gasteiger partial charge >= 0.3 is 5.97 Å². The Kier molecular flexibility index (Phi) is 2.17. The van der Waals surface area contributed by atoms with Gasteiger partial charge in [0.1, 0.15) is 11.5 Å². The lowest BCUT2D eigenvalue weighted by molar-refractivity contribution is 0.0689. The van der Waals surface area contributed by atoms with E-state index in [1.807, 2.05) is 0 Å². The lowest BCUT2D eigenvalue weighted by atomic mass is 10.4. The number of carboxylic acids is 1. The molecule has 0 aliphatic rings. The number of hydrogen-bond donors (Lipinski definition) is 1. The highest BCUT2D eigenvalue weighted by molar-refractivity contribution is 5.86. The van der Waals surface area contributed by atoms with Crippen molar-refractivity contribution in [2.75, 3.05) is 0 Å². The molecule has 1 N–H and O–H groups in total. The van der Waals surface area contributed by atoms with Crippen molar-refractivity contribution >= 4 is 5.97 Å². The second-order valence-electron chi connectivity index (χ2n) is 2.82. The third kappa shape index (κ3) is 1.69. The molecule has 0 unspecified atom stereocenters. The predicted molar refractivity (Wildman–Crippen MR) is 49.2 cm³/mol. The molecule has 0 aliphatic carbocycles. The Morgan fingerprint density at radius 3 is 2.80 bits per heavy atom.